The van der Waals surface area contributed by atoms with Crippen molar-refractivity contribution in [2.24, 2.45) is 5.41 Å². The van der Waals surface area contributed by atoms with E-state index in [1.807, 2.05) is 68.4 Å². The summed E-state index contributed by atoms with van der Waals surface area (Å²) in [6.07, 6.45) is -0.774. The monoisotopic (exact) mass is 744 g/mol. The first-order chi connectivity index (χ1) is 25.5. The van der Waals surface area contributed by atoms with E-state index >= 15 is 4.79 Å². The van der Waals surface area contributed by atoms with Gasteiger partial charge in [0.05, 0.1) is 32.1 Å². The molecule has 4 aromatic rings. The smallest absolute Gasteiger partial charge is 0.417 e. The number of nitrogens with zero attached hydrogens (tertiary/aromatic N) is 1. The van der Waals surface area contributed by atoms with Gasteiger partial charge in [-0.25, -0.2) is 18.9 Å². The summed E-state index contributed by atoms with van der Waals surface area (Å²) in [7, 11) is 1.58. The average Bonchev–Trinajstić information content (AvgIpc) is 3.56. The number of ether oxygens (including phenoxy) is 5. The van der Waals surface area contributed by atoms with E-state index in [0.29, 0.717) is 36.0 Å². The molecule has 3 atom stereocenters. The van der Waals surface area contributed by atoms with Crippen LogP contribution in [-0.4, -0.2) is 72.5 Å². The van der Waals surface area contributed by atoms with Gasteiger partial charge in [-0.15, -0.1) is 11.8 Å². The van der Waals surface area contributed by atoms with Gasteiger partial charge in [0.1, 0.15) is 35.2 Å². The highest BCUT2D eigenvalue weighted by Gasteiger charge is 2.48. The molecule has 13 heteroatoms. The van der Waals surface area contributed by atoms with Crippen molar-refractivity contribution >= 4 is 35.4 Å². The lowest BCUT2D eigenvalue weighted by Crippen LogP contribution is -2.49. The molecule has 0 aliphatic carbocycles. The number of carboxylic acids is 1. The topological polar surface area (TPSA) is 133 Å². The standard InChI is InChI=1S/C40H41FN2O9S/c1-39(2)23-51-40(52-24-39,28-11-19-31(48-3)20-12-28)25-53-36(37(46)43-33(21-50-38(43)47)26-7-5-4-6-8-26)35(42-30-15-13-29(41)14-16-30)27-9-17-32(18-10-27)49-22-34(44)45/h4-20,33,35-36,42H,21-25H2,1-3H3,(H,44,45)/t33?,35-,36-/m1/s1. The van der Waals surface area contributed by atoms with Crippen LogP contribution in [0.15, 0.2) is 103 Å². The number of imide groups is 1. The molecule has 278 valence electrons. The molecule has 1 unspecified atom stereocenters. The largest absolute Gasteiger partial charge is 0.497 e. The summed E-state index contributed by atoms with van der Waals surface area (Å²) in [5.74, 6) is -2.27. The fraction of sp³-hybridized carbons (Fsp3) is 0.325. The Labute approximate surface area is 311 Å². The second-order valence-electron chi connectivity index (χ2n) is 13.5. The Hall–Kier alpha value is -5.11. The number of benzene rings is 4. The third kappa shape index (κ3) is 8.93. The summed E-state index contributed by atoms with van der Waals surface area (Å²) in [5.41, 5.74) is 2.31. The summed E-state index contributed by atoms with van der Waals surface area (Å²) >= 11 is 1.24. The number of hydrogen-bond acceptors (Lipinski definition) is 10. The normalized spacial score (nSPS) is 18.8. The highest BCUT2D eigenvalue weighted by atomic mass is 32.2. The van der Waals surface area contributed by atoms with Gasteiger partial charge in [0, 0.05) is 16.7 Å². The third-order valence-corrected chi connectivity index (χ3v) is 10.4. The van der Waals surface area contributed by atoms with Crippen molar-refractivity contribution in [1.29, 1.82) is 0 Å². The molecule has 4 aromatic carbocycles. The number of anilines is 1. The van der Waals surface area contributed by atoms with Crippen LogP contribution in [0, 0.1) is 11.2 Å². The maximum absolute atomic E-state index is 15.1. The van der Waals surface area contributed by atoms with Crippen LogP contribution in [-0.2, 0) is 29.6 Å². The second-order valence-corrected chi connectivity index (χ2v) is 14.7. The lowest BCUT2D eigenvalue weighted by atomic mass is 9.93. The Balaban J connectivity index is 1.43. The Morgan fingerprint density at radius 2 is 1.58 bits per heavy atom. The molecule has 0 bridgehead atoms. The Bertz CT molecular complexity index is 1870. The highest BCUT2D eigenvalue weighted by molar-refractivity contribution is 8.00. The quantitative estimate of drug-likeness (QED) is 0.136. The van der Waals surface area contributed by atoms with Crippen LogP contribution in [0.2, 0.25) is 0 Å². The first kappa shape index (κ1) is 37.6. The molecule has 2 fully saturated rings. The minimum atomic E-state index is -1.27. The maximum atomic E-state index is 15.1. The number of amides is 2. The van der Waals surface area contributed by atoms with Crippen LogP contribution in [0.25, 0.3) is 0 Å². The van der Waals surface area contributed by atoms with Crippen molar-refractivity contribution in [2.45, 2.75) is 37.0 Å². The summed E-state index contributed by atoms with van der Waals surface area (Å²) in [5, 5.41) is 11.5. The number of halogens is 1. The van der Waals surface area contributed by atoms with Gasteiger partial charge < -0.3 is 34.1 Å². The average molecular weight is 745 g/mol. The van der Waals surface area contributed by atoms with Gasteiger partial charge in [0.2, 0.25) is 11.7 Å². The van der Waals surface area contributed by atoms with Crippen LogP contribution in [0.1, 0.15) is 42.6 Å². The molecule has 0 saturated carbocycles. The molecule has 2 N–H and O–H groups in total. The van der Waals surface area contributed by atoms with Crippen molar-refractivity contribution in [3.63, 3.8) is 0 Å². The van der Waals surface area contributed by atoms with Crippen LogP contribution in [0.5, 0.6) is 11.5 Å². The predicted octanol–water partition coefficient (Wildman–Crippen LogP) is 7.20. The molecular weight excluding hydrogens is 704 g/mol. The van der Waals surface area contributed by atoms with E-state index in [-0.39, 0.29) is 17.8 Å². The molecule has 0 aromatic heterocycles. The number of aliphatic carboxylic acids is 1. The molecule has 0 spiro atoms. The van der Waals surface area contributed by atoms with Crippen molar-refractivity contribution in [1.82, 2.24) is 4.90 Å². The first-order valence-corrected chi connectivity index (χ1v) is 18.1. The maximum Gasteiger partial charge on any atom is 0.417 e. The van der Waals surface area contributed by atoms with E-state index in [9.17, 15) is 14.0 Å². The third-order valence-electron chi connectivity index (χ3n) is 8.98. The second kappa shape index (κ2) is 16.3. The van der Waals surface area contributed by atoms with E-state index < -0.39 is 53.5 Å². The number of thioether (sulfide) groups is 1. The molecule has 6 rings (SSSR count). The van der Waals surface area contributed by atoms with Gasteiger partial charge in [0.25, 0.3) is 0 Å². The number of carbonyl (C=O) groups excluding carboxylic acids is 2. The summed E-state index contributed by atoms with van der Waals surface area (Å²) in [6.45, 7) is 4.29. The Kier molecular flexibility index (Phi) is 11.6. The van der Waals surface area contributed by atoms with Gasteiger partial charge in [-0.1, -0.05) is 56.3 Å². The van der Waals surface area contributed by atoms with Crippen molar-refractivity contribution in [3.05, 3.63) is 126 Å². The van der Waals surface area contributed by atoms with E-state index in [2.05, 4.69) is 5.32 Å². The van der Waals surface area contributed by atoms with E-state index in [1.54, 1.807) is 43.5 Å². The molecular formula is C40H41FN2O9S. The lowest BCUT2D eigenvalue weighted by molar-refractivity contribution is -0.295. The van der Waals surface area contributed by atoms with E-state index in [4.69, 9.17) is 28.8 Å². The van der Waals surface area contributed by atoms with Gasteiger partial charge in [-0.2, -0.15) is 0 Å². The highest BCUT2D eigenvalue weighted by Crippen LogP contribution is 2.44. The summed E-state index contributed by atoms with van der Waals surface area (Å²) in [4.78, 5) is 40.8. The van der Waals surface area contributed by atoms with Crippen molar-refractivity contribution in [3.8, 4) is 11.5 Å². The van der Waals surface area contributed by atoms with Gasteiger partial charge in [-0.3, -0.25) is 4.79 Å². The molecule has 2 aliphatic rings. The zero-order valence-corrected chi connectivity index (χ0v) is 30.3. The number of carboxylic acid groups (broad SMARTS) is 1. The van der Waals surface area contributed by atoms with E-state index in [0.717, 1.165) is 16.0 Å². The molecule has 2 aliphatic heterocycles. The SMILES string of the molecule is COc1ccc(C2(CS[C@@H](C(=O)N3C(=O)OCC3c3ccccc3)[C@H](Nc3ccc(F)cc3)c3ccc(OCC(=O)O)cc3)OCC(C)(C)CO2)cc1. The summed E-state index contributed by atoms with van der Waals surface area (Å²) in [6, 6.07) is 27.4. The Morgan fingerprint density at radius 3 is 2.21 bits per heavy atom. The van der Waals surface area contributed by atoms with Gasteiger partial charge >= 0.3 is 12.1 Å². The lowest BCUT2D eigenvalue weighted by Gasteiger charge is -2.44. The zero-order chi connectivity index (χ0) is 37.6. The number of hydrogen-bond donors (Lipinski definition) is 2. The van der Waals surface area contributed by atoms with Crippen molar-refractivity contribution in [2.75, 3.05) is 44.6 Å². The number of cyclic esters (lactones) is 1. The van der Waals surface area contributed by atoms with E-state index in [1.165, 1.54) is 23.9 Å². The fourth-order valence-electron chi connectivity index (χ4n) is 6.09. The number of carbonyl (C=O) groups is 3. The minimum absolute atomic E-state index is 0.0191. The van der Waals surface area contributed by atoms with Crippen molar-refractivity contribution < 1.29 is 47.6 Å². The van der Waals surface area contributed by atoms with Crippen LogP contribution < -0.4 is 14.8 Å². The Morgan fingerprint density at radius 1 is 0.943 bits per heavy atom. The fourth-order valence-corrected chi connectivity index (χ4v) is 7.50. The van der Waals surface area contributed by atoms with Gasteiger partial charge in [0.15, 0.2) is 6.61 Å². The molecule has 2 heterocycles. The predicted molar refractivity (Wildman–Crippen MR) is 196 cm³/mol. The molecule has 11 nitrogen and oxygen atoms in total. The first-order valence-electron chi connectivity index (χ1n) is 17.0. The minimum Gasteiger partial charge on any atom is -0.497 e. The van der Waals surface area contributed by atoms with Crippen LogP contribution in [0.3, 0.4) is 0 Å². The zero-order valence-electron chi connectivity index (χ0n) is 29.5. The number of nitrogens with one attached hydrogen (secondary N) is 1. The van der Waals surface area contributed by atoms with Crippen LogP contribution in [0.4, 0.5) is 14.9 Å². The summed E-state index contributed by atoms with van der Waals surface area (Å²) < 4.78 is 43.4. The molecule has 2 amide bonds. The number of rotatable bonds is 14. The van der Waals surface area contributed by atoms with Gasteiger partial charge in [-0.05, 0) is 71.8 Å². The molecule has 53 heavy (non-hydrogen) atoms. The number of methoxy groups -OCH3 is 1. The molecule has 2 saturated heterocycles. The van der Waals surface area contributed by atoms with Crippen LogP contribution >= 0.6 is 11.8 Å². The molecule has 0 radical (unpaired) electrons.